The molecule has 15 heavy (non-hydrogen) atoms. The van der Waals surface area contributed by atoms with Crippen molar-refractivity contribution < 1.29 is 9.84 Å². The number of aliphatic hydroxyl groups is 1. The third-order valence-corrected chi connectivity index (χ3v) is 2.61. The Morgan fingerprint density at radius 1 is 1.40 bits per heavy atom. The molecule has 0 aliphatic heterocycles. The van der Waals surface area contributed by atoms with E-state index in [1.807, 2.05) is 12.1 Å². The summed E-state index contributed by atoms with van der Waals surface area (Å²) in [4.78, 5) is 4.27. The number of pyridine rings is 1. The van der Waals surface area contributed by atoms with E-state index >= 15 is 0 Å². The van der Waals surface area contributed by atoms with Gasteiger partial charge in [-0.25, -0.2) is 0 Å². The molecule has 1 aromatic carbocycles. The van der Waals surface area contributed by atoms with E-state index in [4.69, 9.17) is 9.84 Å². The van der Waals surface area contributed by atoms with Gasteiger partial charge < -0.3 is 9.84 Å². The second-order valence-corrected chi connectivity index (χ2v) is 4.10. The van der Waals surface area contributed by atoms with Gasteiger partial charge in [0.2, 0.25) is 0 Å². The Kier molecular flexibility index (Phi) is 2.88. The van der Waals surface area contributed by atoms with Crippen LogP contribution in [0, 0.1) is 0 Å². The molecule has 2 rings (SSSR count). The van der Waals surface area contributed by atoms with Crippen LogP contribution in [0.15, 0.2) is 28.9 Å². The topological polar surface area (TPSA) is 42.4 Å². The molecule has 3 nitrogen and oxygen atoms in total. The second kappa shape index (κ2) is 4.16. The minimum absolute atomic E-state index is 0.00118. The normalized spacial score (nSPS) is 10.6. The summed E-state index contributed by atoms with van der Waals surface area (Å²) in [5, 5.41) is 10.1. The average Bonchev–Trinajstić information content (AvgIpc) is 2.26. The van der Waals surface area contributed by atoms with E-state index in [0.717, 1.165) is 20.9 Å². The average molecular weight is 268 g/mol. The van der Waals surface area contributed by atoms with Crippen molar-refractivity contribution in [2.45, 2.75) is 6.61 Å². The monoisotopic (exact) mass is 267 g/mol. The molecule has 0 amide bonds. The zero-order valence-electron chi connectivity index (χ0n) is 8.20. The summed E-state index contributed by atoms with van der Waals surface area (Å²) < 4.78 is 6.13. The van der Waals surface area contributed by atoms with Crippen molar-refractivity contribution in [3.63, 3.8) is 0 Å². The number of nitrogens with zero attached hydrogens (tertiary/aromatic N) is 1. The van der Waals surface area contributed by atoms with Gasteiger partial charge >= 0.3 is 0 Å². The molecule has 0 saturated carbocycles. The van der Waals surface area contributed by atoms with Crippen LogP contribution < -0.4 is 4.74 Å². The minimum atomic E-state index is -0.00118. The van der Waals surface area contributed by atoms with Gasteiger partial charge in [-0.15, -0.1) is 0 Å². The summed E-state index contributed by atoms with van der Waals surface area (Å²) in [5.41, 5.74) is 1.62. The Morgan fingerprint density at radius 2 is 2.20 bits per heavy atom. The van der Waals surface area contributed by atoms with Crippen LogP contribution in [0.1, 0.15) is 5.56 Å². The van der Waals surface area contributed by atoms with E-state index < -0.39 is 0 Å². The predicted molar refractivity (Wildman–Crippen MR) is 61.9 cm³/mol. The maximum atomic E-state index is 9.10. The van der Waals surface area contributed by atoms with Gasteiger partial charge in [-0.2, -0.15) is 0 Å². The molecule has 1 N–H and O–H groups in total. The van der Waals surface area contributed by atoms with E-state index in [-0.39, 0.29) is 6.61 Å². The Balaban J connectivity index is 2.74. The van der Waals surface area contributed by atoms with Crippen molar-refractivity contribution in [3.05, 3.63) is 34.4 Å². The Morgan fingerprint density at radius 3 is 2.87 bits per heavy atom. The lowest BCUT2D eigenvalue weighted by molar-refractivity contribution is 0.281. The molecule has 1 heterocycles. The minimum Gasteiger partial charge on any atom is -0.494 e. The zero-order chi connectivity index (χ0) is 10.8. The van der Waals surface area contributed by atoms with Crippen molar-refractivity contribution in [3.8, 4) is 5.75 Å². The van der Waals surface area contributed by atoms with Gasteiger partial charge in [0.05, 0.1) is 13.7 Å². The second-order valence-electron chi connectivity index (χ2n) is 3.18. The van der Waals surface area contributed by atoms with Crippen molar-refractivity contribution in [1.82, 2.24) is 4.98 Å². The number of methoxy groups -OCH3 is 1. The molecule has 0 aliphatic rings. The van der Waals surface area contributed by atoms with Gasteiger partial charge in [0.1, 0.15) is 11.3 Å². The third-order valence-electron chi connectivity index (χ3n) is 2.18. The maximum Gasteiger partial charge on any atom is 0.145 e. The van der Waals surface area contributed by atoms with Crippen LogP contribution in [0.2, 0.25) is 0 Å². The van der Waals surface area contributed by atoms with E-state index in [2.05, 4.69) is 20.9 Å². The zero-order valence-corrected chi connectivity index (χ0v) is 9.78. The van der Waals surface area contributed by atoms with Crippen LogP contribution in [0.3, 0.4) is 0 Å². The van der Waals surface area contributed by atoms with Crippen molar-refractivity contribution >= 4 is 26.8 Å². The lowest BCUT2D eigenvalue weighted by Crippen LogP contribution is -1.91. The number of rotatable bonds is 2. The Bertz CT molecular complexity index is 499. The van der Waals surface area contributed by atoms with Crippen molar-refractivity contribution in [1.29, 1.82) is 0 Å². The number of benzene rings is 1. The van der Waals surface area contributed by atoms with E-state index in [9.17, 15) is 0 Å². The van der Waals surface area contributed by atoms with E-state index in [1.54, 1.807) is 19.4 Å². The van der Waals surface area contributed by atoms with Gasteiger partial charge in [0.25, 0.3) is 0 Å². The van der Waals surface area contributed by atoms with Gasteiger partial charge in [-0.05, 0) is 39.7 Å². The molecule has 0 spiro atoms. The molecular formula is C11H10BrNO2. The molecule has 0 bridgehead atoms. The summed E-state index contributed by atoms with van der Waals surface area (Å²) >= 11 is 3.36. The van der Waals surface area contributed by atoms with Gasteiger partial charge in [-0.1, -0.05) is 0 Å². The smallest absolute Gasteiger partial charge is 0.145 e. The summed E-state index contributed by atoms with van der Waals surface area (Å²) in [6, 6.07) is 5.64. The summed E-state index contributed by atoms with van der Waals surface area (Å²) in [5.74, 6) is 0.684. The molecule has 78 valence electrons. The first-order valence-corrected chi connectivity index (χ1v) is 5.27. The fourth-order valence-corrected chi connectivity index (χ4v) is 1.84. The van der Waals surface area contributed by atoms with Crippen LogP contribution in [-0.2, 0) is 6.61 Å². The number of hydrogen-bond acceptors (Lipinski definition) is 3. The first-order chi connectivity index (χ1) is 7.24. The number of fused-ring (bicyclic) bond motifs is 1. The number of halogens is 1. The van der Waals surface area contributed by atoms with Crippen LogP contribution >= 0.6 is 15.9 Å². The number of aliphatic hydroxyl groups excluding tert-OH is 1. The largest absolute Gasteiger partial charge is 0.494 e. The maximum absolute atomic E-state index is 9.10. The molecule has 1 aromatic heterocycles. The van der Waals surface area contributed by atoms with Gasteiger partial charge in [-0.3, -0.25) is 4.98 Å². The first-order valence-electron chi connectivity index (χ1n) is 4.47. The van der Waals surface area contributed by atoms with Crippen LogP contribution in [0.25, 0.3) is 10.9 Å². The van der Waals surface area contributed by atoms with Crippen LogP contribution in [-0.4, -0.2) is 17.2 Å². The quantitative estimate of drug-likeness (QED) is 0.909. The van der Waals surface area contributed by atoms with Crippen molar-refractivity contribution in [2.75, 3.05) is 7.11 Å². The highest BCUT2D eigenvalue weighted by Crippen LogP contribution is 2.27. The number of aromatic nitrogens is 1. The van der Waals surface area contributed by atoms with Crippen LogP contribution in [0.4, 0.5) is 0 Å². The highest BCUT2D eigenvalue weighted by Gasteiger charge is 2.05. The van der Waals surface area contributed by atoms with E-state index in [0.29, 0.717) is 5.75 Å². The molecule has 0 aliphatic carbocycles. The Hall–Kier alpha value is -1.13. The number of ether oxygens (including phenoxy) is 1. The lowest BCUT2D eigenvalue weighted by Gasteiger charge is -2.07. The molecule has 2 aromatic rings. The number of hydrogen-bond donors (Lipinski definition) is 1. The molecule has 0 atom stereocenters. The molecule has 0 saturated heterocycles. The van der Waals surface area contributed by atoms with E-state index in [1.165, 1.54) is 0 Å². The Labute approximate surface area is 95.8 Å². The van der Waals surface area contributed by atoms with Crippen LogP contribution in [0.5, 0.6) is 5.75 Å². The fourth-order valence-electron chi connectivity index (χ4n) is 1.50. The highest BCUT2D eigenvalue weighted by molar-refractivity contribution is 9.10. The molecule has 4 heteroatoms. The van der Waals surface area contributed by atoms with Gasteiger partial charge in [0, 0.05) is 16.1 Å². The molecule has 0 unspecified atom stereocenters. The van der Waals surface area contributed by atoms with Gasteiger partial charge in [0.15, 0.2) is 0 Å². The molecular weight excluding hydrogens is 258 g/mol. The highest BCUT2D eigenvalue weighted by atomic mass is 79.9. The SMILES string of the molecule is COc1cc(CO)cc2cc(Br)cnc12. The first kappa shape index (κ1) is 10.4. The summed E-state index contributed by atoms with van der Waals surface area (Å²) in [6.45, 7) is -0.00118. The summed E-state index contributed by atoms with van der Waals surface area (Å²) in [7, 11) is 1.60. The summed E-state index contributed by atoms with van der Waals surface area (Å²) in [6.07, 6.45) is 1.73. The van der Waals surface area contributed by atoms with Crippen molar-refractivity contribution in [2.24, 2.45) is 0 Å². The third kappa shape index (κ3) is 1.96. The fraction of sp³-hybridized carbons (Fsp3) is 0.182. The lowest BCUT2D eigenvalue weighted by atomic mass is 10.1. The standard InChI is InChI=1S/C11H10BrNO2/c1-15-10-3-7(6-14)2-8-4-9(12)5-13-11(8)10/h2-5,14H,6H2,1H3. The predicted octanol–water partition coefficient (Wildman–Crippen LogP) is 2.50. The molecule has 0 radical (unpaired) electrons. The molecule has 0 fully saturated rings.